The zero-order valence-corrected chi connectivity index (χ0v) is 18.1. The van der Waals surface area contributed by atoms with E-state index < -0.39 is 0 Å². The van der Waals surface area contributed by atoms with Gasteiger partial charge in [0.2, 0.25) is 0 Å². The van der Waals surface area contributed by atoms with E-state index in [1.807, 2.05) is 18.2 Å². The Kier molecular flexibility index (Phi) is 8.41. The van der Waals surface area contributed by atoms with Crippen molar-refractivity contribution in [3.05, 3.63) is 65.7 Å². The van der Waals surface area contributed by atoms with Crippen molar-refractivity contribution in [2.45, 2.75) is 20.4 Å². The van der Waals surface area contributed by atoms with Crippen LogP contribution in [0, 0.1) is 0 Å². The Labute approximate surface area is 180 Å². The molecule has 0 unspecified atom stereocenters. The summed E-state index contributed by atoms with van der Waals surface area (Å²) in [6.45, 7) is 11.4. The fourth-order valence-corrected chi connectivity index (χ4v) is 3.72. The first-order chi connectivity index (χ1) is 14.7. The standard InChI is InChI=1S/C24H33N5O/c1-3-29(4-2)23-12-10-21(11-13-23)18-25-26-24(30)20-28-16-14-27(15-17-28)19-22-8-6-5-7-9-22/h5-13,18H,3-4,14-17,19-20H2,1-2H3,(H,26,30). The molecule has 3 rings (SSSR count). The van der Waals surface area contributed by atoms with Crippen molar-refractivity contribution < 1.29 is 4.79 Å². The van der Waals surface area contributed by atoms with Crippen LogP contribution in [0.25, 0.3) is 0 Å². The summed E-state index contributed by atoms with van der Waals surface area (Å²) in [4.78, 5) is 19.1. The van der Waals surface area contributed by atoms with Crippen molar-refractivity contribution in [1.82, 2.24) is 15.2 Å². The van der Waals surface area contributed by atoms with E-state index in [1.165, 1.54) is 11.3 Å². The number of hydrogen-bond acceptors (Lipinski definition) is 5. The summed E-state index contributed by atoms with van der Waals surface area (Å²) >= 11 is 0. The molecular formula is C24H33N5O. The zero-order chi connectivity index (χ0) is 21.2. The van der Waals surface area contributed by atoms with E-state index >= 15 is 0 Å². The number of rotatable bonds is 9. The molecule has 2 aromatic carbocycles. The maximum Gasteiger partial charge on any atom is 0.254 e. The summed E-state index contributed by atoms with van der Waals surface area (Å²) in [6.07, 6.45) is 1.70. The maximum atomic E-state index is 12.2. The molecule has 1 saturated heterocycles. The second-order valence-electron chi connectivity index (χ2n) is 7.59. The fourth-order valence-electron chi connectivity index (χ4n) is 3.72. The summed E-state index contributed by atoms with van der Waals surface area (Å²) in [5.74, 6) is -0.0671. The molecule has 1 amide bonds. The Bertz CT molecular complexity index is 794. The summed E-state index contributed by atoms with van der Waals surface area (Å²) < 4.78 is 0. The van der Waals surface area contributed by atoms with Crippen LogP contribution in [-0.2, 0) is 11.3 Å². The van der Waals surface area contributed by atoms with Crippen LogP contribution in [0.3, 0.4) is 0 Å². The molecule has 0 spiro atoms. The molecule has 0 saturated carbocycles. The third-order valence-electron chi connectivity index (χ3n) is 5.51. The molecule has 1 N–H and O–H groups in total. The molecule has 0 aliphatic carbocycles. The van der Waals surface area contributed by atoms with Gasteiger partial charge in [-0.05, 0) is 37.1 Å². The number of piperazine rings is 1. The number of nitrogens with one attached hydrogen (secondary N) is 1. The lowest BCUT2D eigenvalue weighted by Gasteiger charge is -2.34. The van der Waals surface area contributed by atoms with Gasteiger partial charge in [-0.1, -0.05) is 42.5 Å². The highest BCUT2D eigenvalue weighted by molar-refractivity contribution is 5.83. The monoisotopic (exact) mass is 407 g/mol. The Hall–Kier alpha value is -2.70. The largest absolute Gasteiger partial charge is 0.372 e. The van der Waals surface area contributed by atoms with Crippen LogP contribution in [0.4, 0.5) is 5.69 Å². The minimum absolute atomic E-state index is 0.0671. The van der Waals surface area contributed by atoms with Crippen molar-refractivity contribution in [2.24, 2.45) is 5.10 Å². The van der Waals surface area contributed by atoms with Crippen LogP contribution in [-0.4, -0.2) is 67.7 Å². The molecule has 0 bridgehead atoms. The topological polar surface area (TPSA) is 51.2 Å². The minimum atomic E-state index is -0.0671. The van der Waals surface area contributed by atoms with Gasteiger partial charge in [-0.15, -0.1) is 0 Å². The van der Waals surface area contributed by atoms with Gasteiger partial charge in [0.15, 0.2) is 0 Å². The number of hydrazone groups is 1. The molecule has 160 valence electrons. The third kappa shape index (κ3) is 6.68. The van der Waals surface area contributed by atoms with Gasteiger partial charge in [0.1, 0.15) is 0 Å². The molecule has 0 aromatic heterocycles. The molecule has 1 aliphatic heterocycles. The molecule has 30 heavy (non-hydrogen) atoms. The van der Waals surface area contributed by atoms with E-state index in [9.17, 15) is 4.79 Å². The van der Waals surface area contributed by atoms with Crippen molar-refractivity contribution in [3.8, 4) is 0 Å². The number of carbonyl (C=O) groups excluding carboxylic acids is 1. The van der Waals surface area contributed by atoms with E-state index in [1.54, 1.807) is 6.21 Å². The third-order valence-corrected chi connectivity index (χ3v) is 5.51. The predicted octanol–water partition coefficient (Wildman–Crippen LogP) is 2.80. The SMILES string of the molecule is CCN(CC)c1ccc(C=NNC(=O)CN2CCN(Cc3ccccc3)CC2)cc1. The predicted molar refractivity (Wildman–Crippen MR) is 124 cm³/mol. The van der Waals surface area contributed by atoms with Crippen LogP contribution >= 0.6 is 0 Å². The number of anilines is 1. The van der Waals surface area contributed by atoms with E-state index in [-0.39, 0.29) is 5.91 Å². The first-order valence-corrected chi connectivity index (χ1v) is 10.8. The highest BCUT2D eigenvalue weighted by atomic mass is 16.2. The molecule has 2 aromatic rings. The summed E-state index contributed by atoms with van der Waals surface area (Å²) in [5.41, 5.74) is 6.16. The van der Waals surface area contributed by atoms with Gasteiger partial charge in [0.05, 0.1) is 12.8 Å². The van der Waals surface area contributed by atoms with Gasteiger partial charge in [-0.2, -0.15) is 5.10 Å². The Morgan fingerprint density at radius 2 is 1.60 bits per heavy atom. The number of nitrogens with zero attached hydrogens (tertiary/aromatic N) is 4. The molecule has 0 atom stereocenters. The quantitative estimate of drug-likeness (QED) is 0.513. The highest BCUT2D eigenvalue weighted by Gasteiger charge is 2.18. The fraction of sp³-hybridized carbons (Fsp3) is 0.417. The van der Waals surface area contributed by atoms with Crippen molar-refractivity contribution >= 4 is 17.8 Å². The number of hydrogen-bond donors (Lipinski definition) is 1. The van der Waals surface area contributed by atoms with Crippen LogP contribution in [0.1, 0.15) is 25.0 Å². The maximum absolute atomic E-state index is 12.2. The first kappa shape index (κ1) is 22.0. The van der Waals surface area contributed by atoms with Crippen LogP contribution in [0.2, 0.25) is 0 Å². The van der Waals surface area contributed by atoms with Gasteiger partial charge in [0.25, 0.3) is 5.91 Å². The highest BCUT2D eigenvalue weighted by Crippen LogP contribution is 2.14. The average Bonchev–Trinajstić information content (AvgIpc) is 2.78. The van der Waals surface area contributed by atoms with Crippen LogP contribution in [0.15, 0.2) is 59.7 Å². The van der Waals surface area contributed by atoms with Gasteiger partial charge < -0.3 is 4.90 Å². The molecule has 1 heterocycles. The van der Waals surface area contributed by atoms with Crippen molar-refractivity contribution in [1.29, 1.82) is 0 Å². The Balaban J connectivity index is 1.38. The zero-order valence-electron chi connectivity index (χ0n) is 18.1. The summed E-state index contributed by atoms with van der Waals surface area (Å²) in [5, 5.41) is 4.12. The number of carbonyl (C=O) groups is 1. The summed E-state index contributed by atoms with van der Waals surface area (Å²) in [6, 6.07) is 18.8. The Morgan fingerprint density at radius 3 is 2.23 bits per heavy atom. The number of amides is 1. The van der Waals surface area contributed by atoms with Gasteiger partial charge in [-0.3, -0.25) is 14.6 Å². The van der Waals surface area contributed by atoms with E-state index in [0.717, 1.165) is 51.4 Å². The lowest BCUT2D eigenvalue weighted by Crippen LogP contribution is -2.48. The first-order valence-electron chi connectivity index (χ1n) is 10.8. The molecule has 0 radical (unpaired) electrons. The second-order valence-corrected chi connectivity index (χ2v) is 7.59. The lowest BCUT2D eigenvalue weighted by molar-refractivity contribution is -0.122. The van der Waals surface area contributed by atoms with E-state index in [2.05, 4.69) is 75.5 Å². The van der Waals surface area contributed by atoms with Crippen molar-refractivity contribution in [3.63, 3.8) is 0 Å². The molecular weight excluding hydrogens is 374 g/mol. The molecule has 1 fully saturated rings. The van der Waals surface area contributed by atoms with Crippen molar-refractivity contribution in [2.75, 3.05) is 50.7 Å². The van der Waals surface area contributed by atoms with E-state index in [0.29, 0.717) is 6.54 Å². The smallest absolute Gasteiger partial charge is 0.254 e. The second kappa shape index (κ2) is 11.5. The normalized spacial score (nSPS) is 15.4. The molecule has 6 nitrogen and oxygen atoms in total. The van der Waals surface area contributed by atoms with Crippen LogP contribution in [0.5, 0.6) is 0 Å². The minimum Gasteiger partial charge on any atom is -0.372 e. The lowest BCUT2D eigenvalue weighted by atomic mass is 10.2. The van der Waals surface area contributed by atoms with E-state index in [4.69, 9.17) is 0 Å². The molecule has 6 heteroatoms. The average molecular weight is 408 g/mol. The molecule has 1 aliphatic rings. The van der Waals surface area contributed by atoms with Gasteiger partial charge in [-0.25, -0.2) is 5.43 Å². The number of benzene rings is 2. The summed E-state index contributed by atoms with van der Waals surface area (Å²) in [7, 11) is 0. The van der Waals surface area contributed by atoms with Gasteiger partial charge >= 0.3 is 0 Å². The Morgan fingerprint density at radius 1 is 0.967 bits per heavy atom. The van der Waals surface area contributed by atoms with Gasteiger partial charge in [0, 0.05) is 51.5 Å². The van der Waals surface area contributed by atoms with Crippen LogP contribution < -0.4 is 10.3 Å².